The van der Waals surface area contributed by atoms with Gasteiger partial charge in [-0.05, 0) is 48.9 Å². The van der Waals surface area contributed by atoms with E-state index in [2.05, 4.69) is 15.2 Å². The highest BCUT2D eigenvalue weighted by molar-refractivity contribution is 6.31. The second-order valence-corrected chi connectivity index (χ2v) is 6.85. The highest BCUT2D eigenvalue weighted by atomic mass is 35.5. The van der Waals surface area contributed by atoms with Crippen molar-refractivity contribution in [2.45, 2.75) is 19.4 Å². The van der Waals surface area contributed by atoms with Crippen molar-refractivity contribution in [1.82, 2.24) is 4.57 Å². The number of halogens is 1. The Morgan fingerprint density at radius 2 is 2.11 bits per heavy atom. The third-order valence-electron chi connectivity index (χ3n) is 4.43. The van der Waals surface area contributed by atoms with Crippen LogP contribution < -0.4 is 15.4 Å². The first kappa shape index (κ1) is 17.4. The van der Waals surface area contributed by atoms with E-state index in [0.717, 1.165) is 17.4 Å². The van der Waals surface area contributed by atoms with Crippen LogP contribution in [0.3, 0.4) is 0 Å². The van der Waals surface area contributed by atoms with E-state index in [1.807, 2.05) is 30.5 Å². The summed E-state index contributed by atoms with van der Waals surface area (Å²) in [7, 11) is 0. The molecular formula is C20H18ClN3O3. The van der Waals surface area contributed by atoms with E-state index in [1.165, 1.54) is 0 Å². The summed E-state index contributed by atoms with van der Waals surface area (Å²) in [6.07, 6.45) is 3.11. The summed E-state index contributed by atoms with van der Waals surface area (Å²) in [4.78, 5) is 23.6. The van der Waals surface area contributed by atoms with Crippen molar-refractivity contribution in [3.8, 4) is 5.75 Å². The average Bonchev–Trinajstić information content (AvgIpc) is 3.03. The Balaban J connectivity index is 1.33. The fourth-order valence-corrected chi connectivity index (χ4v) is 3.34. The van der Waals surface area contributed by atoms with Gasteiger partial charge in [0.05, 0.1) is 5.69 Å². The van der Waals surface area contributed by atoms with Crippen molar-refractivity contribution in [3.05, 3.63) is 53.7 Å². The number of ether oxygens (including phenoxy) is 1. The number of benzene rings is 2. The molecule has 0 saturated heterocycles. The van der Waals surface area contributed by atoms with Crippen LogP contribution in [-0.2, 0) is 16.1 Å². The standard InChI is InChI=1S/C20H18ClN3O3/c21-14-3-5-17-13(10-14)7-9-24(17)8-1-2-19(25)22-15-4-6-18-16(11-15)23-20(26)12-27-18/h3-7,9-11H,1-2,8,12H2,(H,22,25)(H,23,26). The quantitative estimate of drug-likeness (QED) is 0.698. The van der Waals surface area contributed by atoms with Crippen LogP contribution in [0, 0.1) is 0 Å². The lowest BCUT2D eigenvalue weighted by atomic mass is 10.2. The van der Waals surface area contributed by atoms with Crippen LogP contribution >= 0.6 is 11.6 Å². The maximum atomic E-state index is 12.2. The van der Waals surface area contributed by atoms with Crippen molar-refractivity contribution in [2.75, 3.05) is 17.2 Å². The van der Waals surface area contributed by atoms with Crippen LogP contribution in [0.5, 0.6) is 5.75 Å². The number of rotatable bonds is 5. The van der Waals surface area contributed by atoms with Gasteiger partial charge in [-0.15, -0.1) is 0 Å². The van der Waals surface area contributed by atoms with Crippen LogP contribution in [0.4, 0.5) is 11.4 Å². The summed E-state index contributed by atoms with van der Waals surface area (Å²) >= 11 is 6.01. The number of fused-ring (bicyclic) bond motifs is 2. The van der Waals surface area contributed by atoms with Gasteiger partial charge < -0.3 is 19.9 Å². The molecule has 4 rings (SSSR count). The molecule has 0 aliphatic carbocycles. The first-order valence-electron chi connectivity index (χ1n) is 8.69. The number of hydrogen-bond donors (Lipinski definition) is 2. The molecule has 7 heteroatoms. The average molecular weight is 384 g/mol. The SMILES string of the molecule is O=C(CCCn1ccc2cc(Cl)ccc21)Nc1ccc2c(c1)NC(=O)CO2. The number of carbonyl (C=O) groups is 2. The van der Waals surface area contributed by atoms with Gasteiger partial charge in [-0.3, -0.25) is 9.59 Å². The van der Waals surface area contributed by atoms with E-state index in [4.69, 9.17) is 16.3 Å². The van der Waals surface area contributed by atoms with Gasteiger partial charge in [0, 0.05) is 40.8 Å². The Kier molecular flexibility index (Phi) is 4.73. The number of hydrogen-bond acceptors (Lipinski definition) is 3. The first-order valence-corrected chi connectivity index (χ1v) is 9.07. The van der Waals surface area contributed by atoms with E-state index in [1.54, 1.807) is 18.2 Å². The molecular weight excluding hydrogens is 366 g/mol. The van der Waals surface area contributed by atoms with E-state index >= 15 is 0 Å². The zero-order valence-electron chi connectivity index (χ0n) is 14.5. The minimum Gasteiger partial charge on any atom is -0.482 e. The molecule has 1 aliphatic rings. The summed E-state index contributed by atoms with van der Waals surface area (Å²) < 4.78 is 7.42. The molecule has 0 spiro atoms. The van der Waals surface area contributed by atoms with Crippen molar-refractivity contribution >= 4 is 45.7 Å². The maximum Gasteiger partial charge on any atom is 0.262 e. The normalized spacial score (nSPS) is 13.0. The number of aryl methyl sites for hydroxylation is 1. The molecule has 0 atom stereocenters. The third-order valence-corrected chi connectivity index (χ3v) is 4.67. The van der Waals surface area contributed by atoms with Crippen LogP contribution in [0.2, 0.25) is 5.02 Å². The smallest absolute Gasteiger partial charge is 0.262 e. The maximum absolute atomic E-state index is 12.2. The molecule has 2 N–H and O–H groups in total. The second kappa shape index (κ2) is 7.32. The molecule has 0 fully saturated rings. The molecule has 0 unspecified atom stereocenters. The van der Waals surface area contributed by atoms with Gasteiger partial charge in [-0.25, -0.2) is 0 Å². The molecule has 0 radical (unpaired) electrons. The van der Waals surface area contributed by atoms with E-state index in [9.17, 15) is 9.59 Å². The minimum absolute atomic E-state index is 0.0129. The van der Waals surface area contributed by atoms with Crippen molar-refractivity contribution in [1.29, 1.82) is 0 Å². The Hall–Kier alpha value is -2.99. The third kappa shape index (κ3) is 3.90. The number of anilines is 2. The molecule has 27 heavy (non-hydrogen) atoms. The lowest BCUT2D eigenvalue weighted by Crippen LogP contribution is -2.25. The number of carbonyl (C=O) groups excluding carboxylic acids is 2. The van der Waals surface area contributed by atoms with Gasteiger partial charge in [-0.1, -0.05) is 11.6 Å². The van der Waals surface area contributed by atoms with Crippen molar-refractivity contribution in [2.24, 2.45) is 0 Å². The fourth-order valence-electron chi connectivity index (χ4n) is 3.16. The predicted octanol–water partition coefficient (Wildman–Crippen LogP) is 4.04. The predicted molar refractivity (Wildman–Crippen MR) is 105 cm³/mol. The molecule has 3 aromatic rings. The highest BCUT2D eigenvalue weighted by Crippen LogP contribution is 2.30. The van der Waals surface area contributed by atoms with Gasteiger partial charge in [0.2, 0.25) is 5.91 Å². The zero-order chi connectivity index (χ0) is 18.8. The van der Waals surface area contributed by atoms with E-state index < -0.39 is 0 Å². The molecule has 2 heterocycles. The monoisotopic (exact) mass is 383 g/mol. The molecule has 2 aromatic carbocycles. The van der Waals surface area contributed by atoms with Gasteiger partial charge in [0.15, 0.2) is 6.61 Å². The molecule has 0 bridgehead atoms. The van der Waals surface area contributed by atoms with Crippen LogP contribution in [0.1, 0.15) is 12.8 Å². The number of aromatic nitrogens is 1. The van der Waals surface area contributed by atoms with Crippen LogP contribution in [-0.4, -0.2) is 23.0 Å². The van der Waals surface area contributed by atoms with Crippen molar-refractivity contribution in [3.63, 3.8) is 0 Å². The van der Waals surface area contributed by atoms with Gasteiger partial charge in [0.25, 0.3) is 5.91 Å². The number of nitrogens with zero attached hydrogens (tertiary/aromatic N) is 1. The zero-order valence-corrected chi connectivity index (χ0v) is 15.3. The molecule has 0 saturated carbocycles. The van der Waals surface area contributed by atoms with Gasteiger partial charge >= 0.3 is 0 Å². The Labute approximate surface area is 161 Å². The Morgan fingerprint density at radius 3 is 3.00 bits per heavy atom. The molecule has 6 nitrogen and oxygen atoms in total. The highest BCUT2D eigenvalue weighted by Gasteiger charge is 2.16. The largest absolute Gasteiger partial charge is 0.482 e. The number of amides is 2. The van der Waals surface area contributed by atoms with Gasteiger partial charge in [-0.2, -0.15) is 0 Å². The van der Waals surface area contributed by atoms with Crippen LogP contribution in [0.15, 0.2) is 48.7 Å². The topological polar surface area (TPSA) is 72.4 Å². The van der Waals surface area contributed by atoms with Crippen molar-refractivity contribution < 1.29 is 14.3 Å². The summed E-state index contributed by atoms with van der Waals surface area (Å²) in [5.74, 6) is 0.330. The summed E-state index contributed by atoms with van der Waals surface area (Å²) in [6.45, 7) is 0.756. The van der Waals surface area contributed by atoms with E-state index in [0.29, 0.717) is 35.0 Å². The Bertz CT molecular complexity index is 1030. The summed E-state index contributed by atoms with van der Waals surface area (Å²) in [6, 6.07) is 13.0. The lowest BCUT2D eigenvalue weighted by molar-refractivity contribution is -0.118. The fraction of sp³-hybridized carbons (Fsp3) is 0.200. The summed E-state index contributed by atoms with van der Waals surface area (Å²) in [5, 5.41) is 7.39. The summed E-state index contributed by atoms with van der Waals surface area (Å²) in [5.41, 5.74) is 2.30. The van der Waals surface area contributed by atoms with E-state index in [-0.39, 0.29) is 18.4 Å². The minimum atomic E-state index is -0.203. The second-order valence-electron chi connectivity index (χ2n) is 6.41. The first-order chi connectivity index (χ1) is 13.1. The molecule has 1 aromatic heterocycles. The van der Waals surface area contributed by atoms with Gasteiger partial charge in [0.1, 0.15) is 5.75 Å². The number of nitrogens with one attached hydrogen (secondary N) is 2. The molecule has 1 aliphatic heterocycles. The lowest BCUT2D eigenvalue weighted by Gasteiger charge is -2.18. The molecule has 2 amide bonds. The molecule has 138 valence electrons. The van der Waals surface area contributed by atoms with Crippen LogP contribution in [0.25, 0.3) is 10.9 Å². The Morgan fingerprint density at radius 1 is 1.22 bits per heavy atom.